The predicted molar refractivity (Wildman–Crippen MR) is 92.8 cm³/mol. The SMILES string of the molecule is O=C(CO)OCC1CC=CCC1.O=C(O)CO.OCC1CC=CCC1. The van der Waals surface area contributed by atoms with Crippen LogP contribution in [0.15, 0.2) is 24.3 Å². The molecule has 2 aliphatic carbocycles. The van der Waals surface area contributed by atoms with Crippen LogP contribution in [0.4, 0.5) is 0 Å². The highest BCUT2D eigenvalue weighted by Crippen LogP contribution is 2.18. The molecule has 0 aliphatic heterocycles. The van der Waals surface area contributed by atoms with Crippen molar-refractivity contribution >= 4 is 11.9 Å². The fourth-order valence-corrected chi connectivity index (χ4v) is 2.29. The highest BCUT2D eigenvalue weighted by atomic mass is 16.5. The summed E-state index contributed by atoms with van der Waals surface area (Å²) in [6.45, 7) is -0.476. The first-order chi connectivity index (χ1) is 12.0. The number of carbonyl (C=O) groups excluding carboxylic acids is 1. The molecule has 0 bridgehead atoms. The first-order valence-corrected chi connectivity index (χ1v) is 8.53. The van der Waals surface area contributed by atoms with Crippen LogP contribution in [0.1, 0.15) is 38.5 Å². The fraction of sp³-hybridized carbons (Fsp3) is 0.667. The van der Waals surface area contributed by atoms with Crippen molar-refractivity contribution in [1.82, 2.24) is 0 Å². The van der Waals surface area contributed by atoms with Crippen molar-refractivity contribution in [2.45, 2.75) is 38.5 Å². The Labute approximate surface area is 148 Å². The van der Waals surface area contributed by atoms with E-state index in [1.165, 1.54) is 6.42 Å². The molecule has 25 heavy (non-hydrogen) atoms. The van der Waals surface area contributed by atoms with E-state index in [1.807, 2.05) is 0 Å². The number of ether oxygens (including phenoxy) is 1. The third-order valence-electron chi connectivity index (χ3n) is 3.76. The molecule has 0 radical (unpaired) electrons. The van der Waals surface area contributed by atoms with E-state index < -0.39 is 25.2 Å². The topological polar surface area (TPSA) is 124 Å². The lowest BCUT2D eigenvalue weighted by Gasteiger charge is -2.16. The van der Waals surface area contributed by atoms with Crippen molar-refractivity contribution in [3.8, 4) is 0 Å². The molecule has 0 fully saturated rings. The van der Waals surface area contributed by atoms with Gasteiger partial charge in [0.25, 0.3) is 0 Å². The van der Waals surface area contributed by atoms with Gasteiger partial charge in [0.15, 0.2) is 0 Å². The number of aliphatic hydroxyl groups is 3. The summed E-state index contributed by atoms with van der Waals surface area (Å²) in [5.74, 6) is -0.708. The Kier molecular flexibility index (Phi) is 14.7. The highest BCUT2D eigenvalue weighted by Gasteiger charge is 2.11. The monoisotopic (exact) mass is 358 g/mol. The standard InChI is InChI=1S/C9H14O3.C7H12O.C2H4O3/c10-6-9(11)12-7-8-4-2-1-3-5-8;8-6-7-4-2-1-3-5-7;3-1-2(4)5/h1-2,8,10H,3-7H2;1-2,7-8H,3-6H2;3H,1H2,(H,4,5). The lowest BCUT2D eigenvalue weighted by Crippen LogP contribution is -2.17. The van der Waals surface area contributed by atoms with Crippen LogP contribution in [0, 0.1) is 11.8 Å². The maximum absolute atomic E-state index is 10.6. The zero-order valence-electron chi connectivity index (χ0n) is 14.5. The molecule has 2 aliphatic rings. The first kappa shape index (κ1) is 23.3. The van der Waals surface area contributed by atoms with Gasteiger partial charge in [0, 0.05) is 6.61 Å². The van der Waals surface area contributed by atoms with Gasteiger partial charge in [-0.05, 0) is 50.4 Å². The Morgan fingerprint density at radius 3 is 1.72 bits per heavy atom. The van der Waals surface area contributed by atoms with Gasteiger partial charge in [-0.25, -0.2) is 9.59 Å². The van der Waals surface area contributed by atoms with Crippen molar-refractivity contribution in [2.75, 3.05) is 26.4 Å². The molecule has 2 atom stereocenters. The Balaban J connectivity index is 0.000000382. The molecule has 144 valence electrons. The van der Waals surface area contributed by atoms with Crippen LogP contribution in [0.5, 0.6) is 0 Å². The van der Waals surface area contributed by atoms with E-state index in [0.717, 1.165) is 32.1 Å². The van der Waals surface area contributed by atoms with E-state index in [4.69, 9.17) is 30.0 Å². The number of allylic oxidation sites excluding steroid dienone is 4. The fourth-order valence-electron chi connectivity index (χ4n) is 2.29. The van der Waals surface area contributed by atoms with Gasteiger partial charge in [-0.3, -0.25) is 0 Å². The average molecular weight is 358 g/mol. The van der Waals surface area contributed by atoms with E-state index in [1.54, 1.807) is 0 Å². The molecule has 0 amide bonds. The van der Waals surface area contributed by atoms with Crippen LogP contribution < -0.4 is 0 Å². The minimum atomic E-state index is -1.19. The van der Waals surface area contributed by atoms with Crippen molar-refractivity contribution in [3.05, 3.63) is 24.3 Å². The molecule has 0 saturated carbocycles. The lowest BCUT2D eigenvalue weighted by molar-refractivity contribution is -0.148. The third kappa shape index (κ3) is 14.4. The summed E-state index contributed by atoms with van der Waals surface area (Å²) in [7, 11) is 0. The average Bonchev–Trinajstić information content (AvgIpc) is 2.68. The second kappa shape index (κ2) is 15.8. The van der Waals surface area contributed by atoms with Gasteiger partial charge in [0.1, 0.15) is 13.2 Å². The molecule has 0 saturated heterocycles. The summed E-state index contributed by atoms with van der Waals surface area (Å²) in [5.41, 5.74) is 0. The number of carbonyl (C=O) groups is 2. The normalized spacial score (nSPS) is 21.2. The molecule has 2 rings (SSSR count). The molecule has 0 spiro atoms. The van der Waals surface area contributed by atoms with Crippen molar-refractivity contribution in [1.29, 1.82) is 0 Å². The second-order valence-corrected chi connectivity index (χ2v) is 5.88. The largest absolute Gasteiger partial charge is 0.480 e. The molecule has 0 aromatic rings. The van der Waals surface area contributed by atoms with Crippen LogP contribution in [-0.4, -0.2) is 58.8 Å². The number of esters is 1. The Morgan fingerprint density at radius 2 is 1.40 bits per heavy atom. The summed E-state index contributed by atoms with van der Waals surface area (Å²) in [6, 6.07) is 0. The summed E-state index contributed by atoms with van der Waals surface area (Å²) < 4.78 is 4.81. The number of aliphatic hydroxyl groups excluding tert-OH is 3. The molecule has 2 unspecified atom stereocenters. The van der Waals surface area contributed by atoms with Crippen LogP contribution in [0.2, 0.25) is 0 Å². The maximum atomic E-state index is 10.6. The minimum Gasteiger partial charge on any atom is -0.480 e. The number of carboxylic acids is 1. The highest BCUT2D eigenvalue weighted by molar-refractivity contribution is 5.70. The van der Waals surface area contributed by atoms with Crippen LogP contribution in [0.3, 0.4) is 0 Å². The van der Waals surface area contributed by atoms with E-state index in [2.05, 4.69) is 24.3 Å². The predicted octanol–water partition coefficient (Wildman–Crippen LogP) is 1.28. The van der Waals surface area contributed by atoms with Crippen LogP contribution in [0.25, 0.3) is 0 Å². The van der Waals surface area contributed by atoms with Gasteiger partial charge in [0.05, 0.1) is 6.61 Å². The maximum Gasteiger partial charge on any atom is 0.331 e. The summed E-state index contributed by atoms with van der Waals surface area (Å²) in [5, 5.41) is 32.0. The molecule has 4 N–H and O–H groups in total. The van der Waals surface area contributed by atoms with E-state index in [0.29, 0.717) is 25.0 Å². The summed E-state index contributed by atoms with van der Waals surface area (Å²) in [6.07, 6.45) is 15.1. The molecular formula is C18H30O7. The van der Waals surface area contributed by atoms with Gasteiger partial charge in [0.2, 0.25) is 0 Å². The van der Waals surface area contributed by atoms with Crippen molar-refractivity contribution in [2.24, 2.45) is 11.8 Å². The Hall–Kier alpha value is -1.70. The molecule has 0 aromatic heterocycles. The lowest BCUT2D eigenvalue weighted by atomic mass is 9.95. The van der Waals surface area contributed by atoms with Crippen LogP contribution in [-0.2, 0) is 14.3 Å². The van der Waals surface area contributed by atoms with Gasteiger partial charge in [-0.15, -0.1) is 0 Å². The molecule has 7 nitrogen and oxygen atoms in total. The number of hydrogen-bond donors (Lipinski definition) is 4. The first-order valence-electron chi connectivity index (χ1n) is 8.53. The van der Waals surface area contributed by atoms with Gasteiger partial charge in [-0.2, -0.15) is 0 Å². The number of aliphatic carboxylic acids is 1. The minimum absolute atomic E-state index is 0.365. The molecule has 0 heterocycles. The van der Waals surface area contributed by atoms with Crippen LogP contribution >= 0.6 is 0 Å². The number of hydrogen-bond acceptors (Lipinski definition) is 6. The quantitative estimate of drug-likeness (QED) is 0.431. The zero-order chi connectivity index (χ0) is 18.9. The summed E-state index contributed by atoms with van der Waals surface area (Å²) >= 11 is 0. The van der Waals surface area contributed by atoms with Gasteiger partial charge < -0.3 is 25.2 Å². The number of carboxylic acid groups (broad SMARTS) is 1. The third-order valence-corrected chi connectivity index (χ3v) is 3.76. The smallest absolute Gasteiger partial charge is 0.331 e. The van der Waals surface area contributed by atoms with Gasteiger partial charge >= 0.3 is 11.9 Å². The van der Waals surface area contributed by atoms with Crippen molar-refractivity contribution < 1.29 is 34.8 Å². The van der Waals surface area contributed by atoms with Gasteiger partial charge in [-0.1, -0.05) is 24.3 Å². The number of rotatable bonds is 5. The second-order valence-electron chi connectivity index (χ2n) is 5.88. The van der Waals surface area contributed by atoms with E-state index >= 15 is 0 Å². The summed E-state index contributed by atoms with van der Waals surface area (Å²) in [4.78, 5) is 19.7. The Bertz CT molecular complexity index is 418. The zero-order valence-corrected chi connectivity index (χ0v) is 14.5. The molecule has 0 aromatic carbocycles. The van der Waals surface area contributed by atoms with E-state index in [-0.39, 0.29) is 0 Å². The van der Waals surface area contributed by atoms with Crippen molar-refractivity contribution in [3.63, 3.8) is 0 Å². The Morgan fingerprint density at radius 1 is 0.880 bits per heavy atom. The van der Waals surface area contributed by atoms with E-state index in [9.17, 15) is 4.79 Å². The molecular weight excluding hydrogens is 328 g/mol. The molecule has 7 heteroatoms.